The standard InChI is InChI=1S/C47H80O17P2/c1-3-5-7-8-9-10-11-12-13-14-15-16-17-20-24-27-31-35-41(50)62-39(36-60-40(49)34-30-26-23-21-18-19-22-25-29-33-38(48)32-28-6-4-2)37-61-66(58,59)64-47-44(53)42(51)43(52)46(45(47)54)63-65(55,56)57/h6,12-13,15-16,20,22,24-25,28-29,33,38-39,42-48,51-54H,3-5,7-11,14,17-19,21,23,26-27,30-32,34-37H2,1-2H3,(H,58,59)(H2,55,56,57)/b13-12-,16-15-,24-20-,25-22+,28-6+,33-29+/t38?,39-,42?,43?,44?,45?,46-,47+/m1/s1. The minimum atomic E-state index is -5.38. The molecule has 1 aliphatic rings. The van der Waals surface area contributed by atoms with E-state index in [2.05, 4.69) is 35.8 Å². The summed E-state index contributed by atoms with van der Waals surface area (Å²) in [6.45, 7) is 2.82. The number of hydrogen-bond donors (Lipinski definition) is 8. The van der Waals surface area contributed by atoms with Crippen molar-refractivity contribution in [3.05, 3.63) is 72.9 Å². The Morgan fingerprint density at radius 2 is 1.12 bits per heavy atom. The van der Waals surface area contributed by atoms with Crippen LogP contribution in [0.2, 0.25) is 0 Å². The third kappa shape index (κ3) is 31.4. The highest BCUT2D eigenvalue weighted by Crippen LogP contribution is 2.49. The number of unbranched alkanes of at least 4 members (excludes halogenated alkanes) is 12. The maximum Gasteiger partial charge on any atom is 0.472 e. The summed E-state index contributed by atoms with van der Waals surface area (Å²) in [4.78, 5) is 54.2. The summed E-state index contributed by atoms with van der Waals surface area (Å²) in [5.74, 6) is -1.33. The number of phosphoric ester groups is 2. The van der Waals surface area contributed by atoms with Crippen LogP contribution in [-0.2, 0) is 41.8 Å². The van der Waals surface area contributed by atoms with Gasteiger partial charge in [-0.25, -0.2) is 9.13 Å². The Kier molecular flexibility index (Phi) is 34.7. The number of esters is 2. The molecule has 8 N–H and O–H groups in total. The van der Waals surface area contributed by atoms with E-state index in [4.69, 9.17) is 28.3 Å². The highest BCUT2D eigenvalue weighted by Gasteiger charge is 2.54. The Balaban J connectivity index is 2.67. The fourth-order valence-corrected chi connectivity index (χ4v) is 8.20. The van der Waals surface area contributed by atoms with Crippen molar-refractivity contribution in [2.75, 3.05) is 13.2 Å². The summed E-state index contributed by atoms with van der Waals surface area (Å²) in [6.07, 6.45) is 26.3. The molecule has 0 aromatic carbocycles. The molecule has 1 rings (SSSR count). The van der Waals surface area contributed by atoms with E-state index >= 15 is 0 Å². The molecule has 1 fully saturated rings. The van der Waals surface area contributed by atoms with Gasteiger partial charge in [-0.15, -0.1) is 0 Å². The van der Waals surface area contributed by atoms with Crippen molar-refractivity contribution < 1.29 is 82.0 Å². The van der Waals surface area contributed by atoms with Gasteiger partial charge in [-0.05, 0) is 70.6 Å². The van der Waals surface area contributed by atoms with Gasteiger partial charge in [-0.2, -0.15) is 0 Å². The topological polar surface area (TPSA) is 276 Å². The normalized spacial score (nSPS) is 22.6. The zero-order chi connectivity index (χ0) is 49.1. The molecule has 0 aromatic heterocycles. The second-order valence-corrected chi connectivity index (χ2v) is 18.9. The van der Waals surface area contributed by atoms with Gasteiger partial charge in [-0.1, -0.05) is 138 Å². The first kappa shape index (κ1) is 61.4. The maximum absolute atomic E-state index is 13.0. The summed E-state index contributed by atoms with van der Waals surface area (Å²) in [5, 5.41) is 51.1. The zero-order valence-corrected chi connectivity index (χ0v) is 40.7. The van der Waals surface area contributed by atoms with Crippen LogP contribution in [0.3, 0.4) is 0 Å². The number of phosphoric acid groups is 2. The predicted octanol–water partition coefficient (Wildman–Crippen LogP) is 7.81. The largest absolute Gasteiger partial charge is 0.472 e. The van der Waals surface area contributed by atoms with E-state index in [1.165, 1.54) is 38.5 Å². The van der Waals surface area contributed by atoms with Crippen molar-refractivity contribution in [3.8, 4) is 0 Å². The van der Waals surface area contributed by atoms with Gasteiger partial charge in [0.05, 0.1) is 12.7 Å². The Morgan fingerprint density at radius 3 is 1.74 bits per heavy atom. The smallest absolute Gasteiger partial charge is 0.462 e. The molecule has 0 aromatic rings. The number of allylic oxidation sites excluding steroid dienone is 10. The molecule has 19 heteroatoms. The van der Waals surface area contributed by atoms with Crippen LogP contribution in [0.1, 0.15) is 149 Å². The van der Waals surface area contributed by atoms with E-state index in [1.807, 2.05) is 49.5 Å². The Morgan fingerprint density at radius 1 is 0.576 bits per heavy atom. The van der Waals surface area contributed by atoms with Crippen LogP contribution in [-0.4, -0.2) is 114 Å². The molecule has 9 atom stereocenters. The number of hydrogen-bond acceptors (Lipinski definition) is 14. The molecule has 0 spiro atoms. The van der Waals surface area contributed by atoms with Gasteiger partial charge in [0.15, 0.2) is 6.10 Å². The molecule has 0 bridgehead atoms. The van der Waals surface area contributed by atoms with Crippen LogP contribution in [0.15, 0.2) is 72.9 Å². The molecule has 6 unspecified atom stereocenters. The van der Waals surface area contributed by atoms with E-state index in [1.54, 1.807) is 6.08 Å². The summed E-state index contributed by atoms with van der Waals surface area (Å²) >= 11 is 0. The van der Waals surface area contributed by atoms with Crippen LogP contribution in [0, 0.1) is 0 Å². The first-order chi connectivity index (χ1) is 31.5. The molecular formula is C47H80O17P2. The fourth-order valence-electron chi connectivity index (χ4n) is 6.66. The van der Waals surface area contributed by atoms with Crippen molar-refractivity contribution in [2.45, 2.75) is 198 Å². The molecule has 0 heterocycles. The number of ether oxygens (including phenoxy) is 2. The van der Waals surface area contributed by atoms with Crippen molar-refractivity contribution in [2.24, 2.45) is 0 Å². The first-order valence-electron chi connectivity index (χ1n) is 23.6. The first-order valence-corrected chi connectivity index (χ1v) is 26.6. The van der Waals surface area contributed by atoms with Crippen LogP contribution in [0.4, 0.5) is 0 Å². The molecule has 0 radical (unpaired) electrons. The van der Waals surface area contributed by atoms with Gasteiger partial charge < -0.3 is 49.7 Å². The molecule has 17 nitrogen and oxygen atoms in total. The lowest BCUT2D eigenvalue weighted by Crippen LogP contribution is -2.64. The lowest BCUT2D eigenvalue weighted by atomic mass is 9.85. The van der Waals surface area contributed by atoms with Crippen molar-refractivity contribution in [1.29, 1.82) is 0 Å². The second kappa shape index (κ2) is 37.3. The van der Waals surface area contributed by atoms with Crippen molar-refractivity contribution >= 4 is 27.6 Å². The fraction of sp³-hybridized carbons (Fsp3) is 0.702. The summed E-state index contributed by atoms with van der Waals surface area (Å²) < 4.78 is 49.2. The van der Waals surface area contributed by atoms with Gasteiger partial charge in [0.25, 0.3) is 0 Å². The molecule has 66 heavy (non-hydrogen) atoms. The highest BCUT2D eigenvalue weighted by atomic mass is 31.2. The van der Waals surface area contributed by atoms with Crippen LogP contribution < -0.4 is 0 Å². The molecule has 1 aliphatic carbocycles. The average Bonchev–Trinajstić information content (AvgIpc) is 3.26. The molecule has 380 valence electrons. The molecule has 1 saturated carbocycles. The summed E-state index contributed by atoms with van der Waals surface area (Å²) in [6, 6.07) is 0. The van der Waals surface area contributed by atoms with Crippen molar-refractivity contribution in [1.82, 2.24) is 0 Å². The number of aliphatic hydroxyl groups is 5. The van der Waals surface area contributed by atoms with E-state index in [0.29, 0.717) is 25.7 Å². The van der Waals surface area contributed by atoms with Gasteiger partial charge in [-0.3, -0.25) is 23.2 Å². The second-order valence-electron chi connectivity index (χ2n) is 16.3. The number of carbonyl (C=O) groups is 2. The Hall–Kier alpha value is -2.60. The van der Waals surface area contributed by atoms with Crippen molar-refractivity contribution in [3.63, 3.8) is 0 Å². The minimum absolute atomic E-state index is 0.0461. The maximum atomic E-state index is 13.0. The number of rotatable bonds is 38. The predicted molar refractivity (Wildman–Crippen MR) is 252 cm³/mol. The lowest BCUT2D eigenvalue weighted by Gasteiger charge is -2.43. The van der Waals surface area contributed by atoms with Gasteiger partial charge in [0.1, 0.15) is 43.2 Å². The Bertz CT molecular complexity index is 1570. The molecule has 0 saturated heterocycles. The molecule has 0 aliphatic heterocycles. The van der Waals surface area contributed by atoms with Gasteiger partial charge in [0.2, 0.25) is 0 Å². The lowest BCUT2D eigenvalue weighted by molar-refractivity contribution is -0.216. The SMILES string of the molecule is CC/C=C/CC(O)/C=C/C=C/CCCCCCCC(=O)OC[C@H](COP(=O)(O)O[C@H]1C(O)C(O)C(O)[C@@H](OP(=O)(O)O)C1O)OC(=O)CCC/C=C\C/C=C\C/C=C\CCCCCCCC. The van der Waals surface area contributed by atoms with E-state index in [-0.39, 0.29) is 12.8 Å². The monoisotopic (exact) mass is 978 g/mol. The number of carbonyl (C=O) groups excluding carboxylic acids is 2. The average molecular weight is 979 g/mol. The zero-order valence-electron chi connectivity index (χ0n) is 39.0. The van der Waals surface area contributed by atoms with Crippen LogP contribution in [0.5, 0.6) is 0 Å². The van der Waals surface area contributed by atoms with Gasteiger partial charge >= 0.3 is 27.6 Å². The quantitative estimate of drug-likeness (QED) is 0.00963. The van der Waals surface area contributed by atoms with Gasteiger partial charge in [0, 0.05) is 12.8 Å². The van der Waals surface area contributed by atoms with E-state index < -0.39 is 89.6 Å². The third-order valence-corrected chi connectivity index (χ3v) is 11.8. The minimum Gasteiger partial charge on any atom is -0.462 e. The van der Waals surface area contributed by atoms with E-state index in [9.17, 15) is 49.1 Å². The number of aliphatic hydroxyl groups excluding tert-OH is 5. The Labute approximate surface area is 392 Å². The van der Waals surface area contributed by atoms with E-state index in [0.717, 1.165) is 57.8 Å². The molecular weight excluding hydrogens is 898 g/mol. The van der Waals surface area contributed by atoms with Crippen LogP contribution >= 0.6 is 15.6 Å². The molecule has 0 amide bonds. The third-order valence-electron chi connectivity index (χ3n) is 10.3. The van der Waals surface area contributed by atoms with Crippen LogP contribution in [0.25, 0.3) is 0 Å². The summed E-state index contributed by atoms with van der Waals surface area (Å²) in [5.41, 5.74) is 0. The summed E-state index contributed by atoms with van der Waals surface area (Å²) in [7, 11) is -10.7. The highest BCUT2D eigenvalue weighted by molar-refractivity contribution is 7.47.